The highest BCUT2D eigenvalue weighted by atomic mass is 16.3. The fraction of sp³-hybridized carbons (Fsp3) is 0.438. The normalized spacial score (nSPS) is 23.6. The molecule has 0 aromatic heterocycles. The van der Waals surface area contributed by atoms with Crippen LogP contribution in [-0.2, 0) is 4.79 Å². The lowest BCUT2D eigenvalue weighted by atomic mass is 10.0. The first-order valence-electron chi connectivity index (χ1n) is 7.75. The minimum atomic E-state index is -0.205. The first kappa shape index (κ1) is 15.3. The highest BCUT2D eigenvalue weighted by Gasteiger charge is 2.47. The van der Waals surface area contributed by atoms with E-state index in [1.165, 1.54) is 6.08 Å². The average molecular weight is 317 g/mol. The van der Waals surface area contributed by atoms with E-state index < -0.39 is 0 Å². The number of hydrogen-bond acceptors (Lipinski definition) is 4. The molecule has 2 atom stereocenters. The summed E-state index contributed by atoms with van der Waals surface area (Å²) in [6.45, 7) is 5.79. The Balaban J connectivity index is 1.78. The van der Waals surface area contributed by atoms with Crippen molar-refractivity contribution >= 4 is 11.6 Å². The first-order chi connectivity index (χ1) is 11.1. The number of hydrazine groups is 1. The largest absolute Gasteiger partial charge is 0.508 e. The maximum atomic E-state index is 12.1. The van der Waals surface area contributed by atoms with Gasteiger partial charge in [0.25, 0.3) is 0 Å². The molecule has 2 N–H and O–H groups in total. The molecular formula is C16H21N4O3+. The van der Waals surface area contributed by atoms with Crippen molar-refractivity contribution in [3.63, 3.8) is 0 Å². The van der Waals surface area contributed by atoms with Gasteiger partial charge >= 0.3 is 0 Å². The van der Waals surface area contributed by atoms with Crippen LogP contribution in [0.4, 0.5) is 5.69 Å². The highest BCUT2D eigenvalue weighted by molar-refractivity contribution is 5.86. The Labute approximate surface area is 134 Å². The maximum absolute atomic E-state index is 12.1. The van der Waals surface area contributed by atoms with Crippen molar-refractivity contribution in [3.8, 4) is 5.75 Å². The van der Waals surface area contributed by atoms with E-state index in [0.717, 1.165) is 23.5 Å². The number of rotatable bonds is 4. The van der Waals surface area contributed by atoms with Crippen LogP contribution < -0.4 is 10.2 Å². The number of benzene rings is 1. The Hall–Kier alpha value is -2.57. The molecule has 1 aromatic rings. The standard InChI is InChI=1S/C16H20N4O3/c1-2-15(22)17-9-12-10-18(13-3-5-14(21)6-4-13)16-7-8-20(23)19(16)11-12/h2-6,12,16H,1,7-11H2,(H-,17,21,22)/p+1. The van der Waals surface area contributed by atoms with Gasteiger partial charge < -0.3 is 15.3 Å². The monoisotopic (exact) mass is 317 g/mol. The maximum Gasteiger partial charge on any atom is 0.243 e. The molecule has 2 heterocycles. The van der Waals surface area contributed by atoms with Crippen molar-refractivity contribution in [3.05, 3.63) is 41.8 Å². The van der Waals surface area contributed by atoms with Crippen molar-refractivity contribution in [2.75, 3.05) is 31.1 Å². The van der Waals surface area contributed by atoms with Gasteiger partial charge in [0.15, 0.2) is 6.17 Å². The SMILES string of the molecule is C=CC(=O)NCC1CN(c2ccc(O)cc2)C2CC[N+](=O)N2C1. The predicted octanol–water partition coefficient (Wildman–Crippen LogP) is 0.856. The van der Waals surface area contributed by atoms with Gasteiger partial charge in [0, 0.05) is 24.7 Å². The summed E-state index contributed by atoms with van der Waals surface area (Å²) in [6, 6.07) is 7.00. The van der Waals surface area contributed by atoms with Crippen molar-refractivity contribution in [2.45, 2.75) is 12.6 Å². The Morgan fingerprint density at radius 1 is 1.39 bits per heavy atom. The van der Waals surface area contributed by atoms with Gasteiger partial charge in [-0.2, -0.15) is 0 Å². The molecule has 0 saturated carbocycles. The zero-order valence-corrected chi connectivity index (χ0v) is 12.9. The van der Waals surface area contributed by atoms with Gasteiger partial charge in [-0.1, -0.05) is 6.58 Å². The average Bonchev–Trinajstić information content (AvgIpc) is 2.94. The topological polar surface area (TPSA) is 75.9 Å². The van der Waals surface area contributed by atoms with Crippen molar-refractivity contribution in [2.24, 2.45) is 5.92 Å². The predicted molar refractivity (Wildman–Crippen MR) is 85.8 cm³/mol. The second-order valence-electron chi connectivity index (χ2n) is 5.95. The number of aromatic hydroxyl groups is 1. The van der Waals surface area contributed by atoms with Crippen molar-refractivity contribution < 1.29 is 14.8 Å². The molecule has 3 rings (SSSR count). The lowest BCUT2D eigenvalue weighted by Crippen LogP contribution is -2.57. The molecule has 7 heteroatoms. The fourth-order valence-electron chi connectivity index (χ4n) is 3.27. The number of amides is 1. The van der Waals surface area contributed by atoms with Gasteiger partial charge in [-0.25, -0.2) is 0 Å². The van der Waals surface area contributed by atoms with Crippen LogP contribution in [0.15, 0.2) is 36.9 Å². The molecular weight excluding hydrogens is 296 g/mol. The molecule has 0 spiro atoms. The van der Waals surface area contributed by atoms with E-state index in [9.17, 15) is 14.8 Å². The molecule has 2 saturated heterocycles. The summed E-state index contributed by atoms with van der Waals surface area (Å²) in [5, 5.41) is 14.1. The summed E-state index contributed by atoms with van der Waals surface area (Å²) in [7, 11) is 0. The summed E-state index contributed by atoms with van der Waals surface area (Å²) in [5.41, 5.74) is 0.966. The summed E-state index contributed by atoms with van der Waals surface area (Å²) in [4.78, 5) is 26.6. The van der Waals surface area contributed by atoms with Crippen LogP contribution >= 0.6 is 0 Å². The Morgan fingerprint density at radius 2 is 2.13 bits per heavy atom. The van der Waals surface area contributed by atoms with E-state index in [-0.39, 0.29) is 23.7 Å². The number of phenolic OH excluding ortho intramolecular Hbond substituents is 1. The van der Waals surface area contributed by atoms with E-state index in [2.05, 4.69) is 16.8 Å². The van der Waals surface area contributed by atoms with Crippen LogP contribution in [0.1, 0.15) is 6.42 Å². The lowest BCUT2D eigenvalue weighted by Gasteiger charge is -2.40. The number of anilines is 1. The highest BCUT2D eigenvalue weighted by Crippen LogP contribution is 2.31. The Bertz CT molecular complexity index is 616. The van der Waals surface area contributed by atoms with E-state index in [4.69, 9.17) is 0 Å². The molecule has 2 aliphatic rings. The molecule has 0 radical (unpaired) electrons. The molecule has 7 nitrogen and oxygen atoms in total. The van der Waals surface area contributed by atoms with Gasteiger partial charge in [-0.3, -0.25) is 4.79 Å². The second-order valence-corrected chi connectivity index (χ2v) is 5.95. The molecule has 2 aliphatic heterocycles. The molecule has 23 heavy (non-hydrogen) atoms. The number of fused-ring (bicyclic) bond motifs is 1. The summed E-state index contributed by atoms with van der Waals surface area (Å²) >= 11 is 0. The minimum Gasteiger partial charge on any atom is -0.508 e. The first-order valence-corrected chi connectivity index (χ1v) is 7.75. The summed E-state index contributed by atoms with van der Waals surface area (Å²) in [6.07, 6.45) is 2.05. The molecule has 2 unspecified atom stereocenters. The number of phenols is 1. The van der Waals surface area contributed by atoms with Crippen LogP contribution in [-0.4, -0.2) is 53.2 Å². The Morgan fingerprint density at radius 3 is 2.83 bits per heavy atom. The van der Waals surface area contributed by atoms with Gasteiger partial charge in [-0.05, 0) is 30.3 Å². The van der Waals surface area contributed by atoms with Crippen molar-refractivity contribution in [1.29, 1.82) is 0 Å². The zero-order chi connectivity index (χ0) is 16.4. The van der Waals surface area contributed by atoms with Crippen LogP contribution in [0, 0.1) is 10.8 Å². The van der Waals surface area contributed by atoms with Crippen molar-refractivity contribution in [1.82, 2.24) is 10.3 Å². The third-order valence-corrected chi connectivity index (χ3v) is 4.40. The third-order valence-electron chi connectivity index (χ3n) is 4.40. The van der Waals surface area contributed by atoms with Gasteiger partial charge in [0.2, 0.25) is 12.5 Å². The molecule has 0 aliphatic carbocycles. The van der Waals surface area contributed by atoms with Gasteiger partial charge in [0.1, 0.15) is 10.6 Å². The second kappa shape index (κ2) is 6.28. The number of nitrogens with zero attached hydrogens (tertiary/aromatic N) is 3. The fourth-order valence-corrected chi connectivity index (χ4v) is 3.27. The van der Waals surface area contributed by atoms with Crippen LogP contribution in [0.5, 0.6) is 5.75 Å². The molecule has 2 fully saturated rings. The van der Waals surface area contributed by atoms with Gasteiger partial charge in [0.05, 0.1) is 17.9 Å². The number of hydrogen-bond donors (Lipinski definition) is 2. The van der Waals surface area contributed by atoms with E-state index >= 15 is 0 Å². The van der Waals surface area contributed by atoms with Crippen LogP contribution in [0.2, 0.25) is 0 Å². The summed E-state index contributed by atoms with van der Waals surface area (Å²) in [5.74, 6) is 0.150. The molecule has 122 valence electrons. The number of carbonyl (C=O) groups is 1. The molecule has 1 amide bonds. The van der Waals surface area contributed by atoms with Crippen LogP contribution in [0.3, 0.4) is 0 Å². The number of nitrogens with one attached hydrogen (secondary N) is 1. The molecule has 0 bridgehead atoms. The number of nitroso groups, excluding NO2 is 1. The van der Waals surface area contributed by atoms with Gasteiger partial charge in [-0.15, -0.1) is 5.01 Å². The third kappa shape index (κ3) is 3.13. The van der Waals surface area contributed by atoms with Crippen LogP contribution in [0.25, 0.3) is 0 Å². The lowest BCUT2D eigenvalue weighted by molar-refractivity contribution is -0.692. The number of carbonyl (C=O) groups excluding carboxylic acids is 1. The Kier molecular flexibility index (Phi) is 4.18. The van der Waals surface area contributed by atoms with E-state index in [1.807, 2.05) is 17.1 Å². The minimum absolute atomic E-state index is 0.0309. The van der Waals surface area contributed by atoms with E-state index in [0.29, 0.717) is 19.6 Å². The smallest absolute Gasteiger partial charge is 0.243 e. The van der Waals surface area contributed by atoms with E-state index in [1.54, 1.807) is 12.1 Å². The zero-order valence-electron chi connectivity index (χ0n) is 12.9. The molecule has 1 aromatic carbocycles. The summed E-state index contributed by atoms with van der Waals surface area (Å²) < 4.78 is 0. The quantitative estimate of drug-likeness (QED) is 0.636.